The lowest BCUT2D eigenvalue weighted by atomic mass is 10.1. The van der Waals surface area contributed by atoms with E-state index in [1.165, 1.54) is 12.1 Å². The highest BCUT2D eigenvalue weighted by molar-refractivity contribution is 14.1. The number of fused-ring (bicyclic) bond motifs is 1. The van der Waals surface area contributed by atoms with E-state index < -0.39 is 0 Å². The molecule has 1 heterocycles. The molecular weight excluding hydrogens is 468 g/mol. The summed E-state index contributed by atoms with van der Waals surface area (Å²) in [5, 5.41) is 3.10. The van der Waals surface area contributed by atoms with Crippen LogP contribution in [0.25, 0.3) is 11.0 Å². The van der Waals surface area contributed by atoms with Crippen LogP contribution in [0.2, 0.25) is 0 Å². The quantitative estimate of drug-likeness (QED) is 0.407. The third kappa shape index (κ3) is 3.91. The van der Waals surface area contributed by atoms with Crippen LogP contribution in [0.3, 0.4) is 0 Å². The number of carbonyl (C=O) groups is 1. The molecule has 4 nitrogen and oxygen atoms in total. The first-order valence-corrected chi connectivity index (χ1v) is 9.90. The van der Waals surface area contributed by atoms with E-state index in [4.69, 9.17) is 0 Å². The predicted molar refractivity (Wildman–Crippen MR) is 115 cm³/mol. The second-order valence-electron chi connectivity index (χ2n) is 6.44. The van der Waals surface area contributed by atoms with Gasteiger partial charge in [0.2, 0.25) is 0 Å². The minimum Gasteiger partial charge on any atom is -0.343 e. The van der Waals surface area contributed by atoms with E-state index in [1.807, 2.05) is 47.0 Å². The third-order valence-corrected chi connectivity index (χ3v) is 5.54. The van der Waals surface area contributed by atoms with Gasteiger partial charge in [-0.3, -0.25) is 4.79 Å². The molecule has 4 rings (SSSR count). The number of benzene rings is 3. The summed E-state index contributed by atoms with van der Waals surface area (Å²) in [7, 11) is 0. The highest BCUT2D eigenvalue weighted by atomic mass is 127. The Hall–Kier alpha value is -2.74. The second-order valence-corrected chi connectivity index (χ2v) is 7.61. The standard InChI is InChI=1S/C22H17FIN3O/c23-16-11-9-15(10-12-16)20(26-22(28)17-5-1-2-6-18(17)24)13-27-14-25-19-7-3-4-8-21(19)27/h1-12,14,20H,13H2,(H,26,28). The van der Waals surface area contributed by atoms with E-state index in [-0.39, 0.29) is 17.8 Å². The zero-order valence-corrected chi connectivity index (χ0v) is 17.0. The number of rotatable bonds is 5. The topological polar surface area (TPSA) is 46.9 Å². The maximum absolute atomic E-state index is 13.4. The zero-order chi connectivity index (χ0) is 19.5. The van der Waals surface area contributed by atoms with Gasteiger partial charge in [0.05, 0.1) is 29.0 Å². The molecule has 0 aliphatic rings. The number of halogens is 2. The van der Waals surface area contributed by atoms with Crippen molar-refractivity contribution in [2.45, 2.75) is 12.6 Å². The van der Waals surface area contributed by atoms with E-state index in [0.717, 1.165) is 20.2 Å². The minimum atomic E-state index is -0.332. The number of hydrogen-bond donors (Lipinski definition) is 1. The van der Waals surface area contributed by atoms with Crippen LogP contribution in [0.5, 0.6) is 0 Å². The molecule has 1 aromatic heterocycles. The Bertz CT molecular complexity index is 1120. The molecule has 1 amide bonds. The van der Waals surface area contributed by atoms with Crippen LogP contribution in [0, 0.1) is 9.39 Å². The Balaban J connectivity index is 1.67. The fraction of sp³-hybridized carbons (Fsp3) is 0.0909. The number of hydrogen-bond acceptors (Lipinski definition) is 2. The second kappa shape index (κ2) is 8.10. The first-order chi connectivity index (χ1) is 13.6. The van der Waals surface area contributed by atoms with Crippen molar-refractivity contribution >= 4 is 39.5 Å². The molecule has 3 aromatic carbocycles. The summed E-state index contributed by atoms with van der Waals surface area (Å²) < 4.78 is 16.3. The van der Waals surface area contributed by atoms with Gasteiger partial charge in [-0.25, -0.2) is 9.37 Å². The minimum absolute atomic E-state index is 0.163. The average molecular weight is 485 g/mol. The fourth-order valence-corrected chi connectivity index (χ4v) is 3.80. The third-order valence-electron chi connectivity index (χ3n) is 4.60. The zero-order valence-electron chi connectivity index (χ0n) is 14.8. The van der Waals surface area contributed by atoms with Crippen molar-refractivity contribution in [3.63, 3.8) is 0 Å². The molecule has 1 N–H and O–H groups in total. The number of amides is 1. The van der Waals surface area contributed by atoms with Crippen molar-refractivity contribution in [2.75, 3.05) is 0 Å². The van der Waals surface area contributed by atoms with Gasteiger partial charge in [0.25, 0.3) is 5.91 Å². The SMILES string of the molecule is O=C(NC(Cn1cnc2ccccc21)c1ccc(F)cc1)c1ccccc1I. The monoisotopic (exact) mass is 485 g/mol. The maximum atomic E-state index is 13.4. The van der Waals surface area contributed by atoms with Crippen molar-refractivity contribution in [2.24, 2.45) is 0 Å². The molecule has 0 aliphatic carbocycles. The molecule has 1 atom stereocenters. The predicted octanol–water partition coefficient (Wildman–Crippen LogP) is 4.95. The van der Waals surface area contributed by atoms with E-state index in [2.05, 4.69) is 32.9 Å². The number of para-hydroxylation sites is 2. The molecule has 4 aromatic rings. The van der Waals surface area contributed by atoms with Crippen molar-refractivity contribution in [1.29, 1.82) is 0 Å². The van der Waals surface area contributed by atoms with Crippen LogP contribution in [-0.2, 0) is 6.54 Å². The van der Waals surface area contributed by atoms with E-state index in [0.29, 0.717) is 12.1 Å². The molecular formula is C22H17FIN3O. The van der Waals surface area contributed by atoms with Gasteiger partial charge in [0, 0.05) is 10.1 Å². The Morgan fingerprint density at radius 2 is 1.75 bits per heavy atom. The van der Waals surface area contributed by atoms with Gasteiger partial charge in [-0.2, -0.15) is 0 Å². The van der Waals surface area contributed by atoms with Gasteiger partial charge >= 0.3 is 0 Å². The highest BCUT2D eigenvalue weighted by Gasteiger charge is 2.19. The highest BCUT2D eigenvalue weighted by Crippen LogP contribution is 2.21. The van der Waals surface area contributed by atoms with Gasteiger partial charge < -0.3 is 9.88 Å². The number of aromatic nitrogens is 2. The van der Waals surface area contributed by atoms with Gasteiger partial charge in [-0.1, -0.05) is 36.4 Å². The van der Waals surface area contributed by atoms with Crippen molar-refractivity contribution < 1.29 is 9.18 Å². The molecule has 6 heteroatoms. The normalized spacial score (nSPS) is 12.1. The molecule has 0 saturated heterocycles. The van der Waals surface area contributed by atoms with Gasteiger partial charge in [-0.15, -0.1) is 0 Å². The summed E-state index contributed by atoms with van der Waals surface area (Å²) in [6, 6.07) is 21.2. The maximum Gasteiger partial charge on any atom is 0.252 e. The number of nitrogens with one attached hydrogen (secondary N) is 1. The van der Waals surface area contributed by atoms with Crippen LogP contribution >= 0.6 is 22.6 Å². The largest absolute Gasteiger partial charge is 0.343 e. The molecule has 0 aliphatic heterocycles. The Morgan fingerprint density at radius 3 is 2.54 bits per heavy atom. The molecule has 0 fully saturated rings. The van der Waals surface area contributed by atoms with Crippen molar-refractivity contribution in [1.82, 2.24) is 14.9 Å². The van der Waals surface area contributed by atoms with Crippen LogP contribution in [-0.4, -0.2) is 15.5 Å². The summed E-state index contributed by atoms with van der Waals surface area (Å²) in [5.41, 5.74) is 3.33. The average Bonchev–Trinajstić information content (AvgIpc) is 3.11. The number of nitrogens with zero attached hydrogens (tertiary/aromatic N) is 2. The molecule has 0 bridgehead atoms. The number of carbonyl (C=O) groups excluding carboxylic acids is 1. The van der Waals surface area contributed by atoms with Gasteiger partial charge in [-0.05, 0) is 64.6 Å². The van der Waals surface area contributed by atoms with E-state index in [1.54, 1.807) is 24.5 Å². The lowest BCUT2D eigenvalue weighted by Gasteiger charge is -2.21. The van der Waals surface area contributed by atoms with Gasteiger partial charge in [0.15, 0.2) is 0 Å². The molecule has 1 unspecified atom stereocenters. The van der Waals surface area contributed by atoms with Crippen molar-refractivity contribution in [3.8, 4) is 0 Å². The smallest absolute Gasteiger partial charge is 0.252 e. The molecule has 28 heavy (non-hydrogen) atoms. The number of imidazole rings is 1. The van der Waals surface area contributed by atoms with Crippen LogP contribution in [0.4, 0.5) is 4.39 Å². The van der Waals surface area contributed by atoms with Crippen molar-refractivity contribution in [3.05, 3.63) is 99.6 Å². The molecule has 0 radical (unpaired) electrons. The van der Waals surface area contributed by atoms with Crippen LogP contribution in [0.15, 0.2) is 79.1 Å². The lowest BCUT2D eigenvalue weighted by Crippen LogP contribution is -2.31. The Labute approximate surface area is 175 Å². The first kappa shape index (κ1) is 18.6. The molecule has 140 valence electrons. The Morgan fingerprint density at radius 1 is 1.04 bits per heavy atom. The Kier molecular flexibility index (Phi) is 5.38. The first-order valence-electron chi connectivity index (χ1n) is 8.82. The molecule has 0 saturated carbocycles. The van der Waals surface area contributed by atoms with E-state index in [9.17, 15) is 9.18 Å². The summed E-state index contributed by atoms with van der Waals surface area (Å²) in [5.74, 6) is -0.469. The van der Waals surface area contributed by atoms with Gasteiger partial charge in [0.1, 0.15) is 5.82 Å². The summed E-state index contributed by atoms with van der Waals surface area (Å²) >= 11 is 2.15. The fourth-order valence-electron chi connectivity index (χ4n) is 3.16. The summed E-state index contributed by atoms with van der Waals surface area (Å²) in [6.45, 7) is 0.487. The van der Waals surface area contributed by atoms with E-state index >= 15 is 0 Å². The summed E-state index contributed by atoms with van der Waals surface area (Å²) in [4.78, 5) is 17.3. The van der Waals surface area contributed by atoms with Crippen LogP contribution in [0.1, 0.15) is 22.0 Å². The lowest BCUT2D eigenvalue weighted by molar-refractivity contribution is 0.0932. The van der Waals surface area contributed by atoms with Crippen LogP contribution < -0.4 is 5.32 Å². The summed E-state index contributed by atoms with van der Waals surface area (Å²) in [6.07, 6.45) is 1.76. The molecule has 0 spiro atoms.